The number of aromatic nitrogens is 1. The van der Waals surface area contributed by atoms with Gasteiger partial charge in [-0.3, -0.25) is 4.79 Å². The van der Waals surface area contributed by atoms with E-state index in [4.69, 9.17) is 14.9 Å². The number of anilines is 1. The summed E-state index contributed by atoms with van der Waals surface area (Å²) in [6.07, 6.45) is 0.559. The van der Waals surface area contributed by atoms with Crippen molar-refractivity contribution < 1.29 is 19.7 Å². The van der Waals surface area contributed by atoms with E-state index in [2.05, 4.69) is 10.3 Å². The molecule has 6 heteroatoms. The third-order valence-corrected chi connectivity index (χ3v) is 1.69. The molecule has 0 bridgehead atoms. The van der Waals surface area contributed by atoms with Crippen LogP contribution in [0.25, 0.3) is 0 Å². The maximum Gasteiger partial charge on any atom is 0.222 e. The second kappa shape index (κ2) is 6.04. The molecular formula is C10H14N2O4. The van der Waals surface area contributed by atoms with Crippen molar-refractivity contribution in [3.63, 3.8) is 0 Å². The van der Waals surface area contributed by atoms with E-state index in [-0.39, 0.29) is 19.1 Å². The summed E-state index contributed by atoms with van der Waals surface area (Å²) in [5.74, 6) is 0.620. The number of hydrogen-bond acceptors (Lipinski definition) is 5. The summed E-state index contributed by atoms with van der Waals surface area (Å²) in [7, 11) is 0. The Hall–Kier alpha value is -1.66. The Morgan fingerprint density at radius 1 is 1.69 bits per heavy atom. The van der Waals surface area contributed by atoms with Gasteiger partial charge in [-0.05, 0) is 6.07 Å². The van der Waals surface area contributed by atoms with Crippen molar-refractivity contribution in [3.8, 4) is 5.75 Å². The highest BCUT2D eigenvalue weighted by atomic mass is 16.5. The van der Waals surface area contributed by atoms with Crippen molar-refractivity contribution >= 4 is 11.7 Å². The summed E-state index contributed by atoms with van der Waals surface area (Å²) in [5.41, 5.74) is 0. The number of hydrogen-bond donors (Lipinski definition) is 3. The van der Waals surface area contributed by atoms with E-state index in [1.54, 1.807) is 6.07 Å². The number of nitrogens with zero attached hydrogens (tertiary/aromatic N) is 1. The maximum atomic E-state index is 10.8. The SMILES string of the molecule is CC(=O)Nc1cc(OC[C@@H](O)CO)ccn1. The van der Waals surface area contributed by atoms with Crippen LogP contribution >= 0.6 is 0 Å². The standard InChI is InChI=1S/C10H14N2O4/c1-7(14)12-10-4-9(2-3-11-10)16-6-8(15)5-13/h2-4,8,13,15H,5-6H2,1H3,(H,11,12,14)/t8-/m0/s1. The molecule has 0 fully saturated rings. The maximum absolute atomic E-state index is 10.8. The molecule has 6 nitrogen and oxygen atoms in total. The van der Waals surface area contributed by atoms with Crippen molar-refractivity contribution in [2.45, 2.75) is 13.0 Å². The topological polar surface area (TPSA) is 91.7 Å². The van der Waals surface area contributed by atoms with E-state index in [0.29, 0.717) is 11.6 Å². The second-order valence-electron chi connectivity index (χ2n) is 3.21. The van der Waals surface area contributed by atoms with Crippen LogP contribution in [0.4, 0.5) is 5.82 Å². The van der Waals surface area contributed by atoms with Gasteiger partial charge in [0.1, 0.15) is 24.3 Å². The molecule has 88 valence electrons. The fourth-order valence-corrected chi connectivity index (χ4v) is 0.995. The summed E-state index contributed by atoms with van der Waals surface area (Å²) < 4.78 is 5.18. The van der Waals surface area contributed by atoms with Gasteiger partial charge in [0.05, 0.1) is 6.61 Å². The van der Waals surface area contributed by atoms with Crippen molar-refractivity contribution in [2.75, 3.05) is 18.5 Å². The van der Waals surface area contributed by atoms with Gasteiger partial charge in [0.25, 0.3) is 0 Å². The molecular weight excluding hydrogens is 212 g/mol. The summed E-state index contributed by atoms with van der Waals surface area (Å²) in [6.45, 7) is 1.01. The molecule has 1 rings (SSSR count). The molecule has 1 atom stereocenters. The van der Waals surface area contributed by atoms with Crippen LogP contribution < -0.4 is 10.1 Å². The van der Waals surface area contributed by atoms with Gasteiger partial charge in [-0.2, -0.15) is 0 Å². The Bertz CT molecular complexity index is 356. The molecule has 0 aliphatic carbocycles. The molecule has 1 aromatic rings. The van der Waals surface area contributed by atoms with Crippen molar-refractivity contribution in [1.82, 2.24) is 4.98 Å². The molecule has 1 heterocycles. The van der Waals surface area contributed by atoms with Crippen molar-refractivity contribution in [3.05, 3.63) is 18.3 Å². The van der Waals surface area contributed by atoms with Gasteiger partial charge in [0, 0.05) is 19.2 Å². The molecule has 0 saturated carbocycles. The minimum absolute atomic E-state index is 0.0139. The third-order valence-electron chi connectivity index (χ3n) is 1.69. The minimum atomic E-state index is -0.919. The van der Waals surface area contributed by atoms with Crippen LogP contribution in [0.2, 0.25) is 0 Å². The van der Waals surface area contributed by atoms with Gasteiger partial charge in [0.2, 0.25) is 5.91 Å². The monoisotopic (exact) mass is 226 g/mol. The highest BCUT2D eigenvalue weighted by molar-refractivity contribution is 5.87. The Morgan fingerprint density at radius 3 is 3.06 bits per heavy atom. The quantitative estimate of drug-likeness (QED) is 0.645. The molecule has 16 heavy (non-hydrogen) atoms. The summed E-state index contributed by atoms with van der Waals surface area (Å²) in [4.78, 5) is 14.7. The van der Waals surface area contributed by atoms with Crippen LogP contribution in [0, 0.1) is 0 Å². The van der Waals surface area contributed by atoms with E-state index >= 15 is 0 Å². The van der Waals surface area contributed by atoms with Crippen LogP contribution in [-0.2, 0) is 4.79 Å². The molecule has 3 N–H and O–H groups in total. The molecule has 0 spiro atoms. The third kappa shape index (κ3) is 4.24. The first kappa shape index (κ1) is 12.4. The van der Waals surface area contributed by atoms with Crippen LogP contribution in [0.3, 0.4) is 0 Å². The zero-order chi connectivity index (χ0) is 12.0. The van der Waals surface area contributed by atoms with Gasteiger partial charge >= 0.3 is 0 Å². The van der Waals surface area contributed by atoms with Crippen LogP contribution in [0.5, 0.6) is 5.75 Å². The smallest absolute Gasteiger partial charge is 0.222 e. The van der Waals surface area contributed by atoms with Gasteiger partial charge in [-0.25, -0.2) is 4.98 Å². The molecule has 0 aliphatic heterocycles. The average molecular weight is 226 g/mol. The Labute approximate surface area is 92.9 Å². The summed E-state index contributed by atoms with van der Waals surface area (Å²) in [6, 6.07) is 3.13. The van der Waals surface area contributed by atoms with E-state index in [1.807, 2.05) is 0 Å². The molecule has 0 aliphatic rings. The van der Waals surface area contributed by atoms with Gasteiger partial charge in [-0.15, -0.1) is 0 Å². The molecule has 0 radical (unpaired) electrons. The summed E-state index contributed by atoms with van der Waals surface area (Å²) >= 11 is 0. The number of aliphatic hydroxyl groups is 2. The van der Waals surface area contributed by atoms with E-state index in [9.17, 15) is 4.79 Å². The molecule has 0 saturated heterocycles. The highest BCUT2D eigenvalue weighted by Crippen LogP contribution is 2.14. The lowest BCUT2D eigenvalue weighted by Crippen LogP contribution is -2.21. The predicted molar refractivity (Wildman–Crippen MR) is 57.1 cm³/mol. The Kier molecular flexibility index (Phi) is 4.68. The summed E-state index contributed by atoms with van der Waals surface area (Å²) in [5, 5.41) is 20.2. The van der Waals surface area contributed by atoms with Crippen molar-refractivity contribution in [1.29, 1.82) is 0 Å². The number of aliphatic hydroxyl groups excluding tert-OH is 2. The Balaban J connectivity index is 2.56. The number of nitrogens with one attached hydrogen (secondary N) is 1. The van der Waals surface area contributed by atoms with Crippen LogP contribution in [0.1, 0.15) is 6.92 Å². The first-order chi connectivity index (χ1) is 7.61. The number of amides is 1. The number of rotatable bonds is 5. The number of ether oxygens (including phenoxy) is 1. The lowest BCUT2D eigenvalue weighted by atomic mass is 10.4. The zero-order valence-electron chi connectivity index (χ0n) is 8.88. The predicted octanol–water partition coefficient (Wildman–Crippen LogP) is -0.228. The number of carbonyl (C=O) groups is 1. The zero-order valence-corrected chi connectivity index (χ0v) is 8.88. The van der Waals surface area contributed by atoms with E-state index in [0.717, 1.165) is 0 Å². The van der Waals surface area contributed by atoms with Gasteiger partial charge < -0.3 is 20.3 Å². The first-order valence-electron chi connectivity index (χ1n) is 4.77. The molecule has 0 unspecified atom stereocenters. The molecule has 1 amide bonds. The van der Waals surface area contributed by atoms with Crippen molar-refractivity contribution in [2.24, 2.45) is 0 Å². The largest absolute Gasteiger partial charge is 0.491 e. The fraction of sp³-hybridized carbons (Fsp3) is 0.400. The van der Waals surface area contributed by atoms with Crippen LogP contribution in [0.15, 0.2) is 18.3 Å². The molecule has 1 aromatic heterocycles. The lowest BCUT2D eigenvalue weighted by Gasteiger charge is -2.10. The average Bonchev–Trinajstić information content (AvgIpc) is 2.25. The number of carbonyl (C=O) groups excluding carboxylic acids is 1. The highest BCUT2D eigenvalue weighted by Gasteiger charge is 2.04. The minimum Gasteiger partial charge on any atom is -0.491 e. The second-order valence-corrected chi connectivity index (χ2v) is 3.21. The van der Waals surface area contributed by atoms with E-state index in [1.165, 1.54) is 19.2 Å². The normalized spacial score (nSPS) is 11.9. The van der Waals surface area contributed by atoms with Gasteiger partial charge in [-0.1, -0.05) is 0 Å². The Morgan fingerprint density at radius 2 is 2.44 bits per heavy atom. The first-order valence-corrected chi connectivity index (χ1v) is 4.77. The van der Waals surface area contributed by atoms with Gasteiger partial charge in [0.15, 0.2) is 0 Å². The fourth-order valence-electron chi connectivity index (χ4n) is 0.995. The van der Waals surface area contributed by atoms with E-state index < -0.39 is 6.10 Å². The lowest BCUT2D eigenvalue weighted by molar-refractivity contribution is -0.114. The molecule has 0 aromatic carbocycles. The van der Waals surface area contributed by atoms with Crippen LogP contribution in [-0.4, -0.2) is 40.4 Å². The number of pyridine rings is 1.